The standard InChI is InChI=1S/C13H17ClO5S/c1-3-10(9-20(14,16)17)8-19-12-7-5-4-6-11(12)13(15)18-2/h4-7,10H,3,8-9H2,1-2H3. The number of methoxy groups -OCH3 is 1. The van der Waals surface area contributed by atoms with Crippen LogP contribution in [0.1, 0.15) is 23.7 Å². The Morgan fingerprint density at radius 2 is 2.00 bits per heavy atom. The van der Waals surface area contributed by atoms with E-state index in [1.165, 1.54) is 7.11 Å². The van der Waals surface area contributed by atoms with Crippen LogP contribution < -0.4 is 4.74 Å². The Kier molecular flexibility index (Phi) is 6.29. The molecule has 0 heterocycles. The number of carbonyl (C=O) groups is 1. The van der Waals surface area contributed by atoms with E-state index < -0.39 is 15.0 Å². The van der Waals surface area contributed by atoms with Gasteiger partial charge >= 0.3 is 5.97 Å². The number of rotatable bonds is 7. The first-order chi connectivity index (χ1) is 9.37. The summed E-state index contributed by atoms with van der Waals surface area (Å²) in [4.78, 5) is 11.6. The number of carbonyl (C=O) groups excluding carboxylic acids is 1. The zero-order chi connectivity index (χ0) is 15.2. The molecule has 0 aliphatic rings. The summed E-state index contributed by atoms with van der Waals surface area (Å²) in [5.74, 6) is -0.530. The second-order valence-corrected chi connectivity index (χ2v) is 7.10. The summed E-state index contributed by atoms with van der Waals surface area (Å²) in [6, 6.07) is 6.63. The van der Waals surface area contributed by atoms with Gasteiger partial charge in [-0.1, -0.05) is 19.1 Å². The molecule has 1 rings (SSSR count). The maximum atomic E-state index is 11.6. The fraction of sp³-hybridized carbons (Fsp3) is 0.462. The molecule has 0 saturated heterocycles. The number of halogens is 1. The number of benzene rings is 1. The van der Waals surface area contributed by atoms with Crippen LogP contribution in [0.4, 0.5) is 0 Å². The summed E-state index contributed by atoms with van der Waals surface area (Å²) >= 11 is 0. The highest BCUT2D eigenvalue weighted by molar-refractivity contribution is 8.13. The molecule has 0 aliphatic heterocycles. The van der Waals surface area contributed by atoms with E-state index in [9.17, 15) is 13.2 Å². The minimum absolute atomic E-state index is 0.161. The van der Waals surface area contributed by atoms with Crippen LogP contribution in [0.5, 0.6) is 5.75 Å². The van der Waals surface area contributed by atoms with Crippen LogP contribution in [-0.2, 0) is 13.8 Å². The smallest absolute Gasteiger partial charge is 0.341 e. The first kappa shape index (κ1) is 16.8. The van der Waals surface area contributed by atoms with Crippen LogP contribution in [0.3, 0.4) is 0 Å². The van der Waals surface area contributed by atoms with Crippen molar-refractivity contribution < 1.29 is 22.7 Å². The van der Waals surface area contributed by atoms with Crippen molar-refractivity contribution in [3.05, 3.63) is 29.8 Å². The number of hydrogen-bond donors (Lipinski definition) is 0. The molecule has 112 valence electrons. The SMILES string of the molecule is CCC(COc1ccccc1C(=O)OC)CS(=O)(=O)Cl. The Bertz CT molecular complexity index is 556. The van der Waals surface area contributed by atoms with Crippen molar-refractivity contribution in [1.29, 1.82) is 0 Å². The Morgan fingerprint density at radius 1 is 1.35 bits per heavy atom. The highest BCUT2D eigenvalue weighted by Gasteiger charge is 2.18. The summed E-state index contributed by atoms with van der Waals surface area (Å²) in [6.45, 7) is 2.01. The molecule has 5 nitrogen and oxygen atoms in total. The zero-order valence-corrected chi connectivity index (χ0v) is 12.9. The summed E-state index contributed by atoms with van der Waals surface area (Å²) in [5, 5.41) is 0. The number of para-hydroxylation sites is 1. The van der Waals surface area contributed by atoms with E-state index >= 15 is 0 Å². The maximum absolute atomic E-state index is 11.6. The monoisotopic (exact) mass is 320 g/mol. The van der Waals surface area contributed by atoms with Gasteiger partial charge in [-0.3, -0.25) is 0 Å². The Balaban J connectivity index is 2.76. The van der Waals surface area contributed by atoms with Gasteiger partial charge in [0.2, 0.25) is 9.05 Å². The predicted molar refractivity (Wildman–Crippen MR) is 76.7 cm³/mol. The normalized spacial score (nSPS) is 12.8. The van der Waals surface area contributed by atoms with Gasteiger partial charge in [-0.05, 0) is 18.6 Å². The minimum atomic E-state index is -3.57. The molecular formula is C13H17ClO5S. The van der Waals surface area contributed by atoms with Crippen molar-refractivity contribution in [2.75, 3.05) is 19.5 Å². The van der Waals surface area contributed by atoms with Crippen molar-refractivity contribution in [2.45, 2.75) is 13.3 Å². The van der Waals surface area contributed by atoms with Crippen molar-refractivity contribution >= 4 is 25.7 Å². The van der Waals surface area contributed by atoms with Gasteiger partial charge < -0.3 is 9.47 Å². The molecule has 0 aromatic heterocycles. The number of ether oxygens (including phenoxy) is 2. The van der Waals surface area contributed by atoms with Gasteiger partial charge in [-0.15, -0.1) is 0 Å². The Labute approximate surface area is 123 Å². The second-order valence-electron chi connectivity index (χ2n) is 4.28. The van der Waals surface area contributed by atoms with Crippen LogP contribution in [-0.4, -0.2) is 33.9 Å². The topological polar surface area (TPSA) is 69.7 Å². The molecule has 1 aromatic carbocycles. The molecule has 0 bridgehead atoms. The van der Waals surface area contributed by atoms with Gasteiger partial charge in [0.05, 0.1) is 19.5 Å². The largest absolute Gasteiger partial charge is 0.492 e. The average molecular weight is 321 g/mol. The van der Waals surface area contributed by atoms with Crippen molar-refractivity contribution in [2.24, 2.45) is 5.92 Å². The first-order valence-electron chi connectivity index (χ1n) is 6.09. The molecule has 0 saturated carbocycles. The van der Waals surface area contributed by atoms with Gasteiger partial charge in [0, 0.05) is 16.6 Å². The summed E-state index contributed by atoms with van der Waals surface area (Å²) < 4.78 is 32.3. The van der Waals surface area contributed by atoms with E-state index in [0.717, 1.165) is 0 Å². The van der Waals surface area contributed by atoms with Gasteiger partial charge in [-0.25, -0.2) is 13.2 Å². The third kappa shape index (κ3) is 5.38. The molecule has 0 radical (unpaired) electrons. The van der Waals surface area contributed by atoms with Gasteiger partial charge in [-0.2, -0.15) is 0 Å². The lowest BCUT2D eigenvalue weighted by atomic mass is 10.1. The third-order valence-corrected chi connectivity index (χ3v) is 4.03. The van der Waals surface area contributed by atoms with E-state index in [-0.39, 0.29) is 18.3 Å². The summed E-state index contributed by atoms with van der Waals surface area (Å²) in [6.07, 6.45) is 0.604. The lowest BCUT2D eigenvalue weighted by Crippen LogP contribution is -2.19. The highest BCUT2D eigenvalue weighted by atomic mass is 35.7. The third-order valence-electron chi connectivity index (χ3n) is 2.78. The molecule has 7 heteroatoms. The van der Waals surface area contributed by atoms with Gasteiger partial charge in [0.25, 0.3) is 0 Å². The molecule has 0 N–H and O–H groups in total. The van der Waals surface area contributed by atoms with Gasteiger partial charge in [0.15, 0.2) is 0 Å². The molecule has 0 amide bonds. The van der Waals surface area contributed by atoms with E-state index in [1.807, 2.05) is 6.92 Å². The summed E-state index contributed by atoms with van der Waals surface area (Å²) in [5.41, 5.74) is 0.304. The molecule has 0 aliphatic carbocycles. The first-order valence-corrected chi connectivity index (χ1v) is 8.57. The Morgan fingerprint density at radius 3 is 2.55 bits per heavy atom. The van der Waals surface area contributed by atoms with E-state index in [2.05, 4.69) is 4.74 Å². The second kappa shape index (κ2) is 7.50. The molecule has 1 atom stereocenters. The highest BCUT2D eigenvalue weighted by Crippen LogP contribution is 2.20. The van der Waals surface area contributed by atoms with Crippen LogP contribution in [0.25, 0.3) is 0 Å². The molecule has 20 heavy (non-hydrogen) atoms. The van der Waals surface area contributed by atoms with E-state index in [0.29, 0.717) is 17.7 Å². The van der Waals surface area contributed by atoms with Crippen LogP contribution in [0.15, 0.2) is 24.3 Å². The molecule has 1 aromatic rings. The average Bonchev–Trinajstić information content (AvgIpc) is 2.41. The summed E-state index contributed by atoms with van der Waals surface area (Å²) in [7, 11) is 2.95. The number of hydrogen-bond acceptors (Lipinski definition) is 5. The minimum Gasteiger partial charge on any atom is -0.492 e. The zero-order valence-electron chi connectivity index (χ0n) is 11.3. The fourth-order valence-corrected chi connectivity index (χ4v) is 3.07. The van der Waals surface area contributed by atoms with E-state index in [1.54, 1.807) is 24.3 Å². The molecule has 1 unspecified atom stereocenters. The Hall–Kier alpha value is -1.27. The van der Waals surface area contributed by atoms with Gasteiger partial charge in [0.1, 0.15) is 11.3 Å². The fourth-order valence-electron chi connectivity index (χ4n) is 1.64. The lowest BCUT2D eigenvalue weighted by molar-refractivity contribution is 0.0595. The molecular weight excluding hydrogens is 304 g/mol. The number of esters is 1. The van der Waals surface area contributed by atoms with Crippen LogP contribution >= 0.6 is 10.7 Å². The predicted octanol–water partition coefficient (Wildman–Crippen LogP) is 2.45. The lowest BCUT2D eigenvalue weighted by Gasteiger charge is -2.15. The maximum Gasteiger partial charge on any atom is 0.341 e. The molecule has 0 fully saturated rings. The van der Waals surface area contributed by atoms with E-state index in [4.69, 9.17) is 15.4 Å². The van der Waals surface area contributed by atoms with Crippen molar-refractivity contribution in [3.8, 4) is 5.75 Å². The quantitative estimate of drug-likeness (QED) is 0.570. The molecule has 0 spiro atoms. The van der Waals surface area contributed by atoms with Crippen LogP contribution in [0.2, 0.25) is 0 Å². The van der Waals surface area contributed by atoms with Crippen molar-refractivity contribution in [3.63, 3.8) is 0 Å². The van der Waals surface area contributed by atoms with Crippen molar-refractivity contribution in [1.82, 2.24) is 0 Å². The van der Waals surface area contributed by atoms with Crippen LogP contribution in [0, 0.1) is 5.92 Å².